The van der Waals surface area contributed by atoms with Gasteiger partial charge in [0.2, 0.25) is 0 Å². The van der Waals surface area contributed by atoms with E-state index in [4.69, 9.17) is 16.3 Å². The van der Waals surface area contributed by atoms with Crippen molar-refractivity contribution in [3.63, 3.8) is 0 Å². The summed E-state index contributed by atoms with van der Waals surface area (Å²) in [5, 5.41) is 0.505. The third kappa shape index (κ3) is 2.86. The quantitative estimate of drug-likeness (QED) is 0.737. The Morgan fingerprint density at radius 1 is 1.38 bits per heavy atom. The maximum absolute atomic E-state index is 12.4. The molecule has 3 atom stereocenters. The molecule has 2 saturated heterocycles. The van der Waals surface area contributed by atoms with Gasteiger partial charge in [0.15, 0.2) is 0 Å². The average Bonchev–Trinajstić information content (AvgIpc) is 2.95. The Kier molecular flexibility index (Phi) is 3.60. The largest absolute Gasteiger partial charge is 0.444 e. The van der Waals surface area contributed by atoms with Crippen LogP contribution < -0.4 is 0 Å². The van der Waals surface area contributed by atoms with E-state index in [0.29, 0.717) is 17.1 Å². The number of aromatic nitrogens is 1. The van der Waals surface area contributed by atoms with E-state index >= 15 is 0 Å². The van der Waals surface area contributed by atoms with Crippen LogP contribution in [0.5, 0.6) is 0 Å². The summed E-state index contributed by atoms with van der Waals surface area (Å²) in [6, 6.07) is 4.37. The molecule has 2 fully saturated rings. The van der Waals surface area contributed by atoms with E-state index in [9.17, 15) is 4.79 Å². The monoisotopic (exact) mass is 308 g/mol. The summed E-state index contributed by atoms with van der Waals surface area (Å²) < 4.78 is 5.56. The second-order valence-corrected chi connectivity index (χ2v) is 7.33. The summed E-state index contributed by atoms with van der Waals surface area (Å²) in [7, 11) is 0. The normalized spacial score (nSPS) is 28.0. The highest BCUT2D eigenvalue weighted by molar-refractivity contribution is 6.29. The lowest BCUT2D eigenvalue weighted by Crippen LogP contribution is -2.40. The summed E-state index contributed by atoms with van der Waals surface area (Å²) in [6.07, 6.45) is 4.76. The van der Waals surface area contributed by atoms with E-state index in [1.165, 1.54) is 5.56 Å². The van der Waals surface area contributed by atoms with Gasteiger partial charge in [0.25, 0.3) is 0 Å². The smallest absolute Gasteiger partial charge is 0.410 e. The standard InChI is InChI=1S/C16H21ClN2O2/c1-16(2,3)21-15(20)19-11-5-6-13(19)12(8-11)10-4-7-14(17)18-9-10/h4,7,9,11-13H,5-6,8H2,1-3H3/t11-,12+,13+/m1/s1. The molecule has 0 spiro atoms. The Morgan fingerprint density at radius 2 is 2.14 bits per heavy atom. The van der Waals surface area contributed by atoms with Gasteiger partial charge in [-0.25, -0.2) is 9.78 Å². The van der Waals surface area contributed by atoms with E-state index in [0.717, 1.165) is 19.3 Å². The average molecular weight is 309 g/mol. The number of halogens is 1. The van der Waals surface area contributed by atoms with Crippen molar-refractivity contribution in [2.45, 2.75) is 63.6 Å². The molecule has 0 saturated carbocycles. The molecule has 21 heavy (non-hydrogen) atoms. The Labute approximate surface area is 130 Å². The lowest BCUT2D eigenvalue weighted by Gasteiger charge is -2.28. The summed E-state index contributed by atoms with van der Waals surface area (Å²) in [4.78, 5) is 18.5. The van der Waals surface area contributed by atoms with Gasteiger partial charge in [-0.15, -0.1) is 0 Å². The van der Waals surface area contributed by atoms with Gasteiger partial charge in [0.05, 0.1) is 0 Å². The van der Waals surface area contributed by atoms with Crippen molar-refractivity contribution in [3.8, 4) is 0 Å². The number of ether oxygens (including phenoxy) is 1. The molecule has 4 nitrogen and oxygen atoms in total. The number of pyridine rings is 1. The lowest BCUT2D eigenvalue weighted by molar-refractivity contribution is 0.0213. The molecule has 1 amide bonds. The molecule has 1 aromatic rings. The topological polar surface area (TPSA) is 42.4 Å². The highest BCUT2D eigenvalue weighted by Gasteiger charge is 2.50. The van der Waals surface area contributed by atoms with Crippen LogP contribution in [-0.4, -0.2) is 33.7 Å². The first-order valence-electron chi connectivity index (χ1n) is 7.48. The molecule has 0 aliphatic carbocycles. The van der Waals surface area contributed by atoms with E-state index in [1.807, 2.05) is 44.0 Å². The fraction of sp³-hybridized carbons (Fsp3) is 0.625. The summed E-state index contributed by atoms with van der Waals surface area (Å²) >= 11 is 5.85. The van der Waals surface area contributed by atoms with Gasteiger partial charge in [0.1, 0.15) is 10.8 Å². The predicted octanol–water partition coefficient (Wildman–Crippen LogP) is 3.99. The van der Waals surface area contributed by atoms with Crippen molar-refractivity contribution in [2.75, 3.05) is 0 Å². The Bertz CT molecular complexity index is 538. The summed E-state index contributed by atoms with van der Waals surface area (Å²) in [5.74, 6) is 0.348. The highest BCUT2D eigenvalue weighted by atomic mass is 35.5. The van der Waals surface area contributed by atoms with Gasteiger partial charge in [-0.1, -0.05) is 17.7 Å². The molecule has 2 aliphatic rings. The van der Waals surface area contributed by atoms with E-state index < -0.39 is 5.60 Å². The summed E-state index contributed by atoms with van der Waals surface area (Å²) in [6.45, 7) is 5.72. The van der Waals surface area contributed by atoms with Crippen LogP contribution in [0.1, 0.15) is 51.5 Å². The third-order valence-corrected chi connectivity index (χ3v) is 4.54. The minimum absolute atomic E-state index is 0.181. The van der Waals surface area contributed by atoms with Crippen molar-refractivity contribution < 1.29 is 9.53 Å². The van der Waals surface area contributed by atoms with Crippen LogP contribution in [0.3, 0.4) is 0 Å². The number of fused-ring (bicyclic) bond motifs is 2. The molecule has 3 rings (SSSR count). The number of hydrogen-bond acceptors (Lipinski definition) is 3. The van der Waals surface area contributed by atoms with Crippen LogP contribution in [0.25, 0.3) is 0 Å². The van der Waals surface area contributed by atoms with E-state index in [1.54, 1.807) is 0 Å². The SMILES string of the molecule is CC(C)(C)OC(=O)N1[C@@H]2CC[C@H]1[C@H](c1ccc(Cl)nc1)C2. The molecule has 2 aliphatic heterocycles. The number of hydrogen-bond donors (Lipinski definition) is 0. The van der Waals surface area contributed by atoms with Gasteiger partial charge >= 0.3 is 6.09 Å². The van der Waals surface area contributed by atoms with E-state index in [2.05, 4.69) is 4.98 Å². The fourth-order valence-corrected chi connectivity index (χ4v) is 3.66. The molecule has 1 aromatic heterocycles. The van der Waals surface area contributed by atoms with Gasteiger partial charge in [0, 0.05) is 24.2 Å². The van der Waals surface area contributed by atoms with Crippen LogP contribution in [-0.2, 0) is 4.74 Å². The zero-order chi connectivity index (χ0) is 15.2. The number of carbonyl (C=O) groups excluding carboxylic acids is 1. The predicted molar refractivity (Wildman–Crippen MR) is 81.5 cm³/mol. The van der Waals surface area contributed by atoms with Crippen molar-refractivity contribution in [1.29, 1.82) is 0 Å². The van der Waals surface area contributed by atoms with Crippen LogP contribution in [0.15, 0.2) is 18.3 Å². The second kappa shape index (κ2) is 5.16. The second-order valence-electron chi connectivity index (χ2n) is 6.94. The lowest BCUT2D eigenvalue weighted by atomic mass is 9.85. The molecule has 3 heterocycles. The van der Waals surface area contributed by atoms with E-state index in [-0.39, 0.29) is 12.1 Å². The highest BCUT2D eigenvalue weighted by Crippen LogP contribution is 2.47. The maximum Gasteiger partial charge on any atom is 0.410 e. The maximum atomic E-state index is 12.4. The molecule has 0 N–H and O–H groups in total. The molecule has 2 bridgehead atoms. The Morgan fingerprint density at radius 3 is 2.76 bits per heavy atom. The van der Waals surface area contributed by atoms with Crippen LogP contribution in [0.2, 0.25) is 5.15 Å². The number of amides is 1. The number of carbonyl (C=O) groups is 1. The van der Waals surface area contributed by atoms with Crippen molar-refractivity contribution in [3.05, 3.63) is 29.0 Å². The molecule has 0 unspecified atom stereocenters. The number of rotatable bonds is 1. The Hall–Kier alpha value is -1.29. The van der Waals surface area contributed by atoms with Crippen LogP contribution in [0, 0.1) is 0 Å². The van der Waals surface area contributed by atoms with Crippen molar-refractivity contribution in [2.24, 2.45) is 0 Å². The van der Waals surface area contributed by atoms with Gasteiger partial charge in [-0.2, -0.15) is 0 Å². The van der Waals surface area contributed by atoms with Gasteiger partial charge in [-0.3, -0.25) is 0 Å². The molecule has 114 valence electrons. The van der Waals surface area contributed by atoms with Gasteiger partial charge < -0.3 is 9.64 Å². The van der Waals surface area contributed by atoms with Crippen LogP contribution in [0.4, 0.5) is 4.79 Å². The molecule has 0 aromatic carbocycles. The molecule has 0 radical (unpaired) electrons. The zero-order valence-electron chi connectivity index (χ0n) is 12.7. The Balaban J connectivity index is 1.78. The fourth-order valence-electron chi connectivity index (χ4n) is 3.55. The first-order valence-corrected chi connectivity index (χ1v) is 7.86. The molecular formula is C16H21ClN2O2. The third-order valence-electron chi connectivity index (χ3n) is 4.32. The number of nitrogens with zero attached hydrogens (tertiary/aromatic N) is 2. The first kappa shape index (κ1) is 14.6. The zero-order valence-corrected chi connectivity index (χ0v) is 13.4. The minimum Gasteiger partial charge on any atom is -0.444 e. The first-order chi connectivity index (χ1) is 9.85. The van der Waals surface area contributed by atoms with Gasteiger partial charge in [-0.05, 0) is 51.7 Å². The van der Waals surface area contributed by atoms with Crippen molar-refractivity contribution in [1.82, 2.24) is 9.88 Å². The summed E-state index contributed by atoms with van der Waals surface area (Å²) in [5.41, 5.74) is 0.719. The van der Waals surface area contributed by atoms with Crippen LogP contribution >= 0.6 is 11.6 Å². The molecule has 5 heteroatoms. The molecular weight excluding hydrogens is 288 g/mol. The van der Waals surface area contributed by atoms with Crippen molar-refractivity contribution >= 4 is 17.7 Å². The minimum atomic E-state index is -0.448.